The van der Waals surface area contributed by atoms with Gasteiger partial charge >= 0.3 is 5.97 Å². The molecular formula is C12H19NO2. The van der Waals surface area contributed by atoms with Gasteiger partial charge in [-0.15, -0.1) is 0 Å². The van der Waals surface area contributed by atoms with E-state index in [1.165, 1.54) is 0 Å². The Labute approximate surface area is 91.2 Å². The van der Waals surface area contributed by atoms with Crippen LogP contribution in [0.4, 0.5) is 0 Å². The van der Waals surface area contributed by atoms with Crippen molar-refractivity contribution in [2.24, 2.45) is 0 Å². The van der Waals surface area contributed by atoms with E-state index in [1.54, 1.807) is 6.92 Å². The van der Waals surface area contributed by atoms with Crippen LogP contribution in [0.5, 0.6) is 0 Å². The summed E-state index contributed by atoms with van der Waals surface area (Å²) in [4.78, 5) is 11.4. The molecule has 0 aromatic rings. The molecule has 1 unspecified atom stereocenters. The standard InChI is InChI=1S/C12H19NO2/c1-8(2)11(14)15-10-6-9(3)13-12(4,5)7-10/h6,10,13H,1,7H2,2-5H3. The lowest BCUT2D eigenvalue weighted by molar-refractivity contribution is -0.143. The quantitative estimate of drug-likeness (QED) is 0.559. The Balaban J connectivity index is 2.68. The zero-order valence-electron chi connectivity index (χ0n) is 9.89. The van der Waals surface area contributed by atoms with Crippen LogP contribution in [-0.2, 0) is 9.53 Å². The fourth-order valence-electron chi connectivity index (χ4n) is 1.78. The first-order valence-corrected chi connectivity index (χ1v) is 5.13. The fourth-order valence-corrected chi connectivity index (χ4v) is 1.78. The van der Waals surface area contributed by atoms with E-state index in [1.807, 2.05) is 13.0 Å². The SMILES string of the molecule is C=C(C)C(=O)OC1C=C(C)NC(C)(C)C1. The minimum Gasteiger partial charge on any atom is -0.455 e. The summed E-state index contributed by atoms with van der Waals surface area (Å²) in [6.07, 6.45) is 2.57. The third kappa shape index (κ3) is 3.42. The van der Waals surface area contributed by atoms with Crippen molar-refractivity contribution in [3.8, 4) is 0 Å². The molecule has 1 rings (SSSR count). The van der Waals surface area contributed by atoms with Crippen LogP contribution in [0.25, 0.3) is 0 Å². The highest BCUT2D eigenvalue weighted by atomic mass is 16.5. The summed E-state index contributed by atoms with van der Waals surface area (Å²) in [5, 5.41) is 3.34. The van der Waals surface area contributed by atoms with E-state index in [-0.39, 0.29) is 17.6 Å². The summed E-state index contributed by atoms with van der Waals surface area (Å²) < 4.78 is 5.30. The first kappa shape index (κ1) is 11.8. The Kier molecular flexibility index (Phi) is 3.22. The first-order valence-electron chi connectivity index (χ1n) is 5.13. The Morgan fingerprint density at radius 2 is 2.27 bits per heavy atom. The lowest BCUT2D eigenvalue weighted by atomic mass is 9.92. The maximum atomic E-state index is 11.4. The van der Waals surface area contributed by atoms with Gasteiger partial charge < -0.3 is 10.1 Å². The molecule has 0 radical (unpaired) electrons. The van der Waals surface area contributed by atoms with Gasteiger partial charge in [0.2, 0.25) is 0 Å². The van der Waals surface area contributed by atoms with Crippen LogP contribution >= 0.6 is 0 Å². The zero-order valence-corrected chi connectivity index (χ0v) is 9.89. The number of hydrogen-bond donors (Lipinski definition) is 1. The molecule has 15 heavy (non-hydrogen) atoms. The highest BCUT2D eigenvalue weighted by Gasteiger charge is 2.28. The molecule has 0 spiro atoms. The lowest BCUT2D eigenvalue weighted by Crippen LogP contribution is -2.45. The Bertz CT molecular complexity index is 316. The number of hydrogen-bond acceptors (Lipinski definition) is 3. The maximum absolute atomic E-state index is 11.4. The Morgan fingerprint density at radius 1 is 1.67 bits per heavy atom. The number of esters is 1. The van der Waals surface area contributed by atoms with Gasteiger partial charge in [-0.3, -0.25) is 0 Å². The molecule has 1 N–H and O–H groups in total. The van der Waals surface area contributed by atoms with Crippen molar-refractivity contribution < 1.29 is 9.53 Å². The first-order chi connectivity index (χ1) is 6.80. The Morgan fingerprint density at radius 3 is 2.73 bits per heavy atom. The number of carbonyl (C=O) groups is 1. The molecule has 0 saturated heterocycles. The molecule has 1 aliphatic heterocycles. The lowest BCUT2D eigenvalue weighted by Gasteiger charge is -2.35. The van der Waals surface area contributed by atoms with E-state index in [0.717, 1.165) is 12.1 Å². The summed E-state index contributed by atoms with van der Waals surface area (Å²) >= 11 is 0. The van der Waals surface area contributed by atoms with Gasteiger partial charge in [0.15, 0.2) is 0 Å². The normalized spacial score (nSPS) is 23.7. The second-order valence-electron chi connectivity index (χ2n) is 4.79. The molecule has 3 nitrogen and oxygen atoms in total. The summed E-state index contributed by atoms with van der Waals surface area (Å²) in [5.74, 6) is -0.318. The number of carbonyl (C=O) groups excluding carboxylic acids is 1. The van der Waals surface area contributed by atoms with E-state index in [0.29, 0.717) is 5.57 Å². The molecule has 0 saturated carbocycles. The zero-order chi connectivity index (χ0) is 11.6. The van der Waals surface area contributed by atoms with Crippen LogP contribution in [0.15, 0.2) is 23.9 Å². The van der Waals surface area contributed by atoms with Crippen molar-refractivity contribution in [3.63, 3.8) is 0 Å². The van der Waals surface area contributed by atoms with Crippen molar-refractivity contribution in [3.05, 3.63) is 23.9 Å². The summed E-state index contributed by atoms with van der Waals surface area (Å²) in [5.41, 5.74) is 1.46. The van der Waals surface area contributed by atoms with Gasteiger partial charge in [-0.05, 0) is 33.8 Å². The van der Waals surface area contributed by atoms with Crippen molar-refractivity contribution in [2.45, 2.75) is 45.8 Å². The third-order valence-corrected chi connectivity index (χ3v) is 2.29. The second kappa shape index (κ2) is 4.09. The molecule has 1 heterocycles. The van der Waals surface area contributed by atoms with E-state index in [2.05, 4.69) is 25.7 Å². The predicted molar refractivity (Wildman–Crippen MR) is 60.3 cm³/mol. The van der Waals surface area contributed by atoms with Gasteiger partial charge in [0.25, 0.3) is 0 Å². The van der Waals surface area contributed by atoms with Gasteiger partial charge in [-0.25, -0.2) is 4.79 Å². The van der Waals surface area contributed by atoms with Gasteiger partial charge in [-0.1, -0.05) is 6.58 Å². The Hall–Kier alpha value is -1.25. The van der Waals surface area contributed by atoms with Crippen LogP contribution < -0.4 is 5.32 Å². The predicted octanol–water partition coefficient (Wildman–Crippen LogP) is 2.15. The molecule has 0 fully saturated rings. The van der Waals surface area contributed by atoms with Crippen molar-refractivity contribution in [1.82, 2.24) is 5.32 Å². The molecule has 1 atom stereocenters. The number of allylic oxidation sites excluding steroid dienone is 1. The van der Waals surface area contributed by atoms with Crippen LogP contribution in [-0.4, -0.2) is 17.6 Å². The van der Waals surface area contributed by atoms with Crippen molar-refractivity contribution in [2.75, 3.05) is 0 Å². The topological polar surface area (TPSA) is 38.3 Å². The minimum atomic E-state index is -0.318. The number of nitrogens with one attached hydrogen (secondary N) is 1. The highest BCUT2D eigenvalue weighted by Crippen LogP contribution is 2.22. The number of ether oxygens (including phenoxy) is 1. The number of rotatable bonds is 2. The molecule has 84 valence electrons. The van der Waals surface area contributed by atoms with Crippen LogP contribution in [0, 0.1) is 0 Å². The smallest absolute Gasteiger partial charge is 0.333 e. The molecular weight excluding hydrogens is 190 g/mol. The average Bonchev–Trinajstić information content (AvgIpc) is 1.99. The van der Waals surface area contributed by atoms with E-state index in [4.69, 9.17) is 4.74 Å². The van der Waals surface area contributed by atoms with Gasteiger partial charge in [0.05, 0.1) is 0 Å². The van der Waals surface area contributed by atoms with Crippen LogP contribution in [0.2, 0.25) is 0 Å². The maximum Gasteiger partial charge on any atom is 0.333 e. The molecule has 3 heteroatoms. The monoisotopic (exact) mass is 209 g/mol. The molecule has 1 aliphatic rings. The van der Waals surface area contributed by atoms with Crippen LogP contribution in [0.3, 0.4) is 0 Å². The average molecular weight is 209 g/mol. The summed E-state index contributed by atoms with van der Waals surface area (Å²) in [7, 11) is 0. The van der Waals surface area contributed by atoms with E-state index < -0.39 is 0 Å². The summed E-state index contributed by atoms with van der Waals surface area (Å²) in [6, 6.07) is 0. The third-order valence-electron chi connectivity index (χ3n) is 2.29. The minimum absolute atomic E-state index is 0.0289. The van der Waals surface area contributed by atoms with Gasteiger partial charge in [0.1, 0.15) is 6.10 Å². The molecule has 0 bridgehead atoms. The fraction of sp³-hybridized carbons (Fsp3) is 0.583. The molecule has 0 amide bonds. The largest absolute Gasteiger partial charge is 0.455 e. The second-order valence-corrected chi connectivity index (χ2v) is 4.79. The van der Waals surface area contributed by atoms with Gasteiger partial charge in [0, 0.05) is 23.2 Å². The van der Waals surface area contributed by atoms with E-state index >= 15 is 0 Å². The molecule has 0 aromatic carbocycles. The highest BCUT2D eigenvalue weighted by molar-refractivity contribution is 5.87. The summed E-state index contributed by atoms with van der Waals surface area (Å²) in [6.45, 7) is 11.4. The van der Waals surface area contributed by atoms with Crippen molar-refractivity contribution >= 4 is 5.97 Å². The molecule has 0 aliphatic carbocycles. The van der Waals surface area contributed by atoms with E-state index in [9.17, 15) is 4.79 Å². The van der Waals surface area contributed by atoms with Crippen LogP contribution in [0.1, 0.15) is 34.1 Å². The molecule has 0 aromatic heterocycles. The van der Waals surface area contributed by atoms with Crippen molar-refractivity contribution in [1.29, 1.82) is 0 Å². The van der Waals surface area contributed by atoms with Gasteiger partial charge in [-0.2, -0.15) is 0 Å².